The van der Waals surface area contributed by atoms with Gasteiger partial charge in [-0.05, 0) is 113 Å². The second-order valence-corrected chi connectivity index (χ2v) is 31.3. The summed E-state index contributed by atoms with van der Waals surface area (Å²) in [6.07, 6.45) is 4.96. The first-order chi connectivity index (χ1) is 35.7. The van der Waals surface area contributed by atoms with Crippen molar-refractivity contribution in [1.82, 2.24) is 9.97 Å². The molecule has 1 N–H and O–H groups in total. The molecule has 4 aliphatic rings. The number of fused-ring (bicyclic) bond motifs is 16. The molecule has 2 aromatic heterocycles. The van der Waals surface area contributed by atoms with Crippen LogP contribution in [0.3, 0.4) is 0 Å². The third-order valence-corrected chi connectivity index (χ3v) is 26.6. The molecule has 4 aliphatic heterocycles. The van der Waals surface area contributed by atoms with Crippen molar-refractivity contribution in [2.24, 2.45) is 0 Å². The van der Waals surface area contributed by atoms with Crippen LogP contribution < -0.4 is 31.8 Å². The van der Waals surface area contributed by atoms with Crippen molar-refractivity contribution in [2.75, 3.05) is 0 Å². The Hall–Kier alpha value is -5.09. The molecular formula is C67H58Ir2N2O2P2S2-2. The molecule has 0 saturated carbocycles. The molecule has 2 radical (unpaired) electrons. The van der Waals surface area contributed by atoms with Gasteiger partial charge in [-0.3, -0.25) is 4.79 Å². The first-order valence-corrected chi connectivity index (χ1v) is 31.3. The van der Waals surface area contributed by atoms with E-state index in [4.69, 9.17) is 38.7 Å². The van der Waals surface area contributed by atoms with Gasteiger partial charge in [-0.2, -0.15) is 0 Å². The van der Waals surface area contributed by atoms with E-state index in [-0.39, 0.29) is 73.4 Å². The summed E-state index contributed by atoms with van der Waals surface area (Å²) in [6, 6.07) is 56.4. The van der Waals surface area contributed by atoms with E-state index in [0.29, 0.717) is 0 Å². The number of ketones is 1. The fourth-order valence-corrected chi connectivity index (χ4v) is 24.5. The molecule has 10 aromatic rings. The molecule has 2 atom stereocenters. The van der Waals surface area contributed by atoms with Gasteiger partial charge >= 0.3 is 0 Å². The zero-order valence-electron chi connectivity index (χ0n) is 44.7. The van der Waals surface area contributed by atoms with Gasteiger partial charge < -0.3 is 15.1 Å². The molecule has 14 rings (SSSR count). The summed E-state index contributed by atoms with van der Waals surface area (Å²) in [7, 11) is 0. The number of carbonyl (C=O) groups is 1. The van der Waals surface area contributed by atoms with Crippen LogP contribution in [0.5, 0.6) is 0 Å². The normalized spacial score (nSPS) is 19.6. The van der Waals surface area contributed by atoms with E-state index in [1.807, 2.05) is 24.5 Å². The van der Waals surface area contributed by atoms with Gasteiger partial charge in [0.1, 0.15) is 0 Å². The number of aliphatic hydroxyl groups is 1. The molecule has 4 nitrogen and oxygen atoms in total. The van der Waals surface area contributed by atoms with Gasteiger partial charge in [-0.25, -0.2) is 0 Å². The van der Waals surface area contributed by atoms with Crippen molar-refractivity contribution in [3.05, 3.63) is 226 Å². The predicted molar refractivity (Wildman–Crippen MR) is 324 cm³/mol. The zero-order chi connectivity index (χ0) is 52.8. The molecule has 0 saturated heterocycles. The second kappa shape index (κ2) is 19.3. The van der Waals surface area contributed by atoms with E-state index >= 15 is 0 Å². The number of aliphatic hydroxyl groups excluding tert-OH is 1. The second-order valence-electron chi connectivity index (χ2n) is 22.8. The van der Waals surface area contributed by atoms with Crippen LogP contribution in [0.1, 0.15) is 114 Å². The number of pyridine rings is 2. The largest absolute Gasteiger partial charge is 0.512 e. The Labute approximate surface area is 490 Å². The number of allylic oxidation sites excluding steroid dienone is 2. The number of nitrogens with zero attached hydrogens (tertiary/aromatic N) is 2. The molecule has 0 aliphatic carbocycles. The summed E-state index contributed by atoms with van der Waals surface area (Å²) in [6.45, 7) is 21.7. The van der Waals surface area contributed by atoms with Gasteiger partial charge in [0, 0.05) is 70.8 Å². The summed E-state index contributed by atoms with van der Waals surface area (Å²) in [4.78, 5) is 19.7. The van der Waals surface area contributed by atoms with E-state index in [2.05, 4.69) is 201 Å². The van der Waals surface area contributed by atoms with Gasteiger partial charge in [0.05, 0.1) is 5.76 Å². The molecular weight excluding hydrogens is 1380 g/mol. The number of hydrogen-bond acceptors (Lipinski definition) is 6. The van der Waals surface area contributed by atoms with Gasteiger partial charge in [0.25, 0.3) is 0 Å². The first kappa shape index (κ1) is 55.2. The van der Waals surface area contributed by atoms with Crippen LogP contribution in [0.15, 0.2) is 170 Å². The van der Waals surface area contributed by atoms with Crippen molar-refractivity contribution >= 4 is 117 Å². The molecule has 6 heterocycles. The van der Waals surface area contributed by atoms with Gasteiger partial charge in [0.2, 0.25) is 0 Å². The first-order valence-electron chi connectivity index (χ1n) is 25.7. The maximum absolute atomic E-state index is 10.0. The third kappa shape index (κ3) is 7.86. The minimum Gasteiger partial charge on any atom is -0.512 e. The molecule has 390 valence electrons. The number of hydrogen-bond donors (Lipinski definition) is 1. The van der Waals surface area contributed by atoms with Crippen LogP contribution in [0, 0.1) is 12.1 Å². The van der Waals surface area contributed by atoms with Crippen molar-refractivity contribution in [3.63, 3.8) is 0 Å². The molecule has 0 amide bonds. The van der Waals surface area contributed by atoms with Gasteiger partial charge in [0.15, 0.2) is 5.78 Å². The molecule has 77 heavy (non-hydrogen) atoms. The van der Waals surface area contributed by atoms with Crippen molar-refractivity contribution in [3.8, 4) is 0 Å². The Morgan fingerprint density at radius 1 is 0.481 bits per heavy atom. The molecule has 8 aromatic carbocycles. The van der Waals surface area contributed by atoms with E-state index in [1.165, 1.54) is 107 Å². The topological polar surface area (TPSA) is 63.1 Å². The van der Waals surface area contributed by atoms with Gasteiger partial charge in [-0.15, -0.1) is 55.9 Å². The molecule has 0 spiro atoms. The molecule has 2 unspecified atom stereocenters. The fourth-order valence-electron chi connectivity index (χ4n) is 13.3. The van der Waals surface area contributed by atoms with E-state index in [9.17, 15) is 4.79 Å². The maximum atomic E-state index is 10.0. The summed E-state index contributed by atoms with van der Waals surface area (Å²) >= 11 is 13.8. The fraction of sp³-hybridized carbons (Fsp3) is 0.209. The van der Waals surface area contributed by atoms with Crippen LogP contribution in [-0.2, 0) is 90.3 Å². The quantitative estimate of drug-likeness (QED) is 0.0581. The number of aromatic nitrogens is 2. The molecule has 0 fully saturated rings. The standard InChI is InChI=1S/2C31H25NPS.C5H8O2.2Ir/c2*1-30(2)22-11-5-7-13-25(22)33(34)26-14-8-6-12-23(26)31(3,4)27-20-16-15-19-10-9-17-32-28(19)21(20)18-24(30)29(27)33;1-4(6)3-5(2)7;;/h2*5-17H,1-4H3;3,6H,1-2H3;;/q2*-1;;;. The Kier molecular flexibility index (Phi) is 13.9. The summed E-state index contributed by atoms with van der Waals surface area (Å²) in [5.74, 6) is -0.0625. The smallest absolute Gasteiger partial charge is 0.155 e. The summed E-state index contributed by atoms with van der Waals surface area (Å²) in [5.41, 5.74) is 12.0. The van der Waals surface area contributed by atoms with Crippen LogP contribution in [-0.4, -0.2) is 20.9 Å². The summed E-state index contributed by atoms with van der Waals surface area (Å²) < 4.78 is 0. The average molecular weight is 1430 g/mol. The summed E-state index contributed by atoms with van der Waals surface area (Å²) in [5, 5.41) is 23.5. The Morgan fingerprint density at radius 3 is 1.12 bits per heavy atom. The number of carbonyl (C=O) groups excluding carboxylic acids is 1. The molecule has 0 bridgehead atoms. The minimum absolute atomic E-state index is 0. The van der Waals surface area contributed by atoms with Crippen molar-refractivity contribution < 1.29 is 50.1 Å². The van der Waals surface area contributed by atoms with Crippen molar-refractivity contribution in [1.29, 1.82) is 0 Å². The SMILES string of the molecule is CC(=O)C=C(C)O.CC1(C)c2[c-]c3c(ccc4cccnc43)c3c2P(=S)(c2ccccc21)c1ccccc1C3(C)C.CC1(C)c2[c-]c3c(ccc4cccnc43)c3c2P(=S)(c2ccccc21)c1ccccc1C3(C)C.[Ir].[Ir]. The maximum Gasteiger partial charge on any atom is 0.155 e. The monoisotopic (exact) mass is 1430 g/mol. The van der Waals surface area contributed by atoms with Crippen molar-refractivity contribution in [2.45, 2.75) is 90.9 Å². The Balaban J connectivity index is 0.000000152. The van der Waals surface area contributed by atoms with Crippen LogP contribution in [0.25, 0.3) is 43.4 Å². The third-order valence-electron chi connectivity index (χ3n) is 16.7. The minimum atomic E-state index is -2.26. The number of benzene rings is 8. The van der Waals surface area contributed by atoms with E-state index in [1.54, 1.807) is 0 Å². The van der Waals surface area contributed by atoms with Crippen LogP contribution in [0.2, 0.25) is 0 Å². The van der Waals surface area contributed by atoms with Crippen LogP contribution in [0.4, 0.5) is 0 Å². The predicted octanol–water partition coefficient (Wildman–Crippen LogP) is 13.5. The number of rotatable bonds is 1. The van der Waals surface area contributed by atoms with Crippen LogP contribution >= 0.6 is 12.1 Å². The molecule has 10 heteroatoms. The van der Waals surface area contributed by atoms with E-state index in [0.717, 1.165) is 32.6 Å². The Bertz CT molecular complexity index is 4000. The average Bonchev–Trinajstić information content (AvgIpc) is 3.44. The van der Waals surface area contributed by atoms with Gasteiger partial charge in [-0.1, -0.05) is 223 Å². The zero-order valence-corrected chi connectivity index (χ0v) is 52.9. The van der Waals surface area contributed by atoms with E-state index < -0.39 is 12.1 Å². The Morgan fingerprint density at radius 2 is 0.805 bits per heavy atom.